The molecule has 1 amide bonds. The Morgan fingerprint density at radius 3 is 2.57 bits per heavy atom. The van der Waals surface area contributed by atoms with E-state index in [1.807, 2.05) is 17.0 Å². The lowest BCUT2D eigenvalue weighted by molar-refractivity contribution is -0.131. The highest BCUT2D eigenvalue weighted by molar-refractivity contribution is 5.76. The van der Waals surface area contributed by atoms with Gasteiger partial charge in [0.2, 0.25) is 5.91 Å². The van der Waals surface area contributed by atoms with Gasteiger partial charge in [0.1, 0.15) is 5.75 Å². The minimum absolute atomic E-state index is 0.300. The normalized spacial score (nSPS) is 15.4. The molecule has 0 aromatic heterocycles. The standard InChI is InChI=1S/C17H26N2O2/c1-14(2)7-8-17(20)19-11-9-18(10-12-19)15-5-4-6-16(13-15)21-3/h4-6,13-14H,7-12H2,1-3H3. The van der Waals surface area contributed by atoms with Gasteiger partial charge in [-0.2, -0.15) is 0 Å². The van der Waals surface area contributed by atoms with Crippen LogP contribution < -0.4 is 9.64 Å². The molecule has 1 aliphatic rings. The first kappa shape index (κ1) is 15.7. The van der Waals surface area contributed by atoms with Gasteiger partial charge in [0.25, 0.3) is 0 Å². The summed E-state index contributed by atoms with van der Waals surface area (Å²) in [7, 11) is 1.68. The van der Waals surface area contributed by atoms with Crippen LogP contribution in [0.2, 0.25) is 0 Å². The molecule has 0 bridgehead atoms. The fourth-order valence-corrected chi connectivity index (χ4v) is 2.59. The van der Waals surface area contributed by atoms with Crippen LogP contribution in [0.25, 0.3) is 0 Å². The third kappa shape index (κ3) is 4.38. The van der Waals surface area contributed by atoms with Crippen molar-refractivity contribution in [2.24, 2.45) is 5.92 Å². The highest BCUT2D eigenvalue weighted by Gasteiger charge is 2.21. The summed E-state index contributed by atoms with van der Waals surface area (Å²) >= 11 is 0. The van der Waals surface area contributed by atoms with Crippen molar-refractivity contribution in [3.8, 4) is 5.75 Å². The molecule has 1 aliphatic heterocycles. The van der Waals surface area contributed by atoms with Gasteiger partial charge < -0.3 is 14.5 Å². The maximum atomic E-state index is 12.1. The third-order valence-corrected chi connectivity index (χ3v) is 3.99. The zero-order valence-corrected chi connectivity index (χ0v) is 13.3. The van der Waals surface area contributed by atoms with E-state index in [0.29, 0.717) is 18.2 Å². The fraction of sp³-hybridized carbons (Fsp3) is 0.588. The molecule has 2 rings (SSSR count). The van der Waals surface area contributed by atoms with Crippen molar-refractivity contribution in [1.29, 1.82) is 0 Å². The van der Waals surface area contributed by atoms with E-state index in [0.717, 1.165) is 38.3 Å². The Balaban J connectivity index is 1.86. The van der Waals surface area contributed by atoms with E-state index in [4.69, 9.17) is 4.74 Å². The van der Waals surface area contributed by atoms with Crippen LogP contribution in [0.1, 0.15) is 26.7 Å². The Labute approximate surface area is 127 Å². The van der Waals surface area contributed by atoms with Crippen molar-refractivity contribution >= 4 is 11.6 Å². The molecule has 0 unspecified atom stereocenters. The number of hydrogen-bond donors (Lipinski definition) is 0. The lowest BCUT2D eigenvalue weighted by atomic mass is 10.1. The molecule has 4 heteroatoms. The first-order valence-corrected chi connectivity index (χ1v) is 7.77. The van der Waals surface area contributed by atoms with Crippen molar-refractivity contribution in [2.75, 3.05) is 38.2 Å². The molecule has 0 aliphatic carbocycles. The van der Waals surface area contributed by atoms with E-state index in [1.165, 1.54) is 5.69 Å². The molecule has 0 saturated carbocycles. The molecule has 1 aromatic rings. The predicted octanol–water partition coefficient (Wildman–Crippen LogP) is 2.78. The molecule has 0 spiro atoms. The molecule has 21 heavy (non-hydrogen) atoms. The second-order valence-electron chi connectivity index (χ2n) is 6.00. The van der Waals surface area contributed by atoms with E-state index in [9.17, 15) is 4.79 Å². The van der Waals surface area contributed by atoms with Gasteiger partial charge in [0.05, 0.1) is 7.11 Å². The van der Waals surface area contributed by atoms with E-state index >= 15 is 0 Å². The topological polar surface area (TPSA) is 32.8 Å². The summed E-state index contributed by atoms with van der Waals surface area (Å²) in [6.45, 7) is 7.73. The number of anilines is 1. The summed E-state index contributed by atoms with van der Waals surface area (Å²) in [5.74, 6) is 1.77. The smallest absolute Gasteiger partial charge is 0.222 e. The van der Waals surface area contributed by atoms with Crippen LogP contribution >= 0.6 is 0 Å². The largest absolute Gasteiger partial charge is 0.497 e. The highest BCUT2D eigenvalue weighted by atomic mass is 16.5. The number of nitrogens with zero attached hydrogens (tertiary/aromatic N) is 2. The molecule has 1 saturated heterocycles. The second kappa shape index (κ2) is 7.34. The van der Waals surface area contributed by atoms with Gasteiger partial charge in [-0.3, -0.25) is 4.79 Å². The molecular formula is C17H26N2O2. The molecule has 1 aromatic carbocycles. The van der Waals surface area contributed by atoms with Crippen LogP contribution in [0.5, 0.6) is 5.75 Å². The number of benzene rings is 1. The van der Waals surface area contributed by atoms with Gasteiger partial charge >= 0.3 is 0 Å². The summed E-state index contributed by atoms with van der Waals surface area (Å²) in [5.41, 5.74) is 1.17. The Bertz CT molecular complexity index is 466. The van der Waals surface area contributed by atoms with Crippen LogP contribution in [-0.2, 0) is 4.79 Å². The monoisotopic (exact) mass is 290 g/mol. The molecule has 0 radical (unpaired) electrons. The summed E-state index contributed by atoms with van der Waals surface area (Å²) in [6, 6.07) is 8.11. The summed E-state index contributed by atoms with van der Waals surface area (Å²) in [6.07, 6.45) is 1.66. The molecule has 1 heterocycles. The van der Waals surface area contributed by atoms with E-state index in [-0.39, 0.29) is 0 Å². The zero-order chi connectivity index (χ0) is 15.2. The number of rotatable bonds is 5. The minimum Gasteiger partial charge on any atom is -0.497 e. The Kier molecular flexibility index (Phi) is 5.48. The van der Waals surface area contributed by atoms with Crippen LogP contribution in [-0.4, -0.2) is 44.1 Å². The summed E-state index contributed by atoms with van der Waals surface area (Å²) in [5, 5.41) is 0. The maximum absolute atomic E-state index is 12.1. The van der Waals surface area contributed by atoms with Gasteiger partial charge in [0, 0.05) is 44.4 Å². The molecular weight excluding hydrogens is 264 g/mol. The van der Waals surface area contributed by atoms with Crippen LogP contribution in [0.3, 0.4) is 0 Å². The Hall–Kier alpha value is -1.71. The Morgan fingerprint density at radius 2 is 1.95 bits per heavy atom. The van der Waals surface area contributed by atoms with E-state index < -0.39 is 0 Å². The van der Waals surface area contributed by atoms with E-state index in [1.54, 1.807) is 7.11 Å². The Morgan fingerprint density at radius 1 is 1.24 bits per heavy atom. The number of ether oxygens (including phenoxy) is 1. The SMILES string of the molecule is COc1cccc(N2CCN(C(=O)CCC(C)C)CC2)c1. The van der Waals surface area contributed by atoms with E-state index in [2.05, 4.69) is 30.9 Å². The van der Waals surface area contributed by atoms with Gasteiger partial charge in [0.15, 0.2) is 0 Å². The number of carbonyl (C=O) groups is 1. The molecule has 0 atom stereocenters. The van der Waals surface area contributed by atoms with Crippen LogP contribution in [0.15, 0.2) is 24.3 Å². The predicted molar refractivity (Wildman–Crippen MR) is 85.9 cm³/mol. The molecule has 0 N–H and O–H groups in total. The maximum Gasteiger partial charge on any atom is 0.222 e. The first-order chi connectivity index (χ1) is 10.1. The van der Waals surface area contributed by atoms with Crippen molar-refractivity contribution < 1.29 is 9.53 Å². The number of amides is 1. The zero-order valence-electron chi connectivity index (χ0n) is 13.3. The quantitative estimate of drug-likeness (QED) is 0.836. The summed E-state index contributed by atoms with van der Waals surface area (Å²) < 4.78 is 5.27. The number of methoxy groups -OCH3 is 1. The lowest BCUT2D eigenvalue weighted by Crippen LogP contribution is -2.48. The average molecular weight is 290 g/mol. The van der Waals surface area contributed by atoms with Crippen molar-refractivity contribution in [3.05, 3.63) is 24.3 Å². The van der Waals surface area contributed by atoms with Crippen molar-refractivity contribution in [3.63, 3.8) is 0 Å². The molecule has 1 fully saturated rings. The van der Waals surface area contributed by atoms with Crippen molar-refractivity contribution in [2.45, 2.75) is 26.7 Å². The number of hydrogen-bond acceptors (Lipinski definition) is 3. The van der Waals surface area contributed by atoms with Crippen LogP contribution in [0, 0.1) is 5.92 Å². The number of piperazine rings is 1. The fourth-order valence-electron chi connectivity index (χ4n) is 2.59. The second-order valence-corrected chi connectivity index (χ2v) is 6.00. The van der Waals surface area contributed by atoms with Gasteiger partial charge in [-0.1, -0.05) is 19.9 Å². The van der Waals surface area contributed by atoms with Gasteiger partial charge in [-0.05, 0) is 24.5 Å². The van der Waals surface area contributed by atoms with Crippen molar-refractivity contribution in [1.82, 2.24) is 4.90 Å². The molecule has 4 nitrogen and oxygen atoms in total. The third-order valence-electron chi connectivity index (χ3n) is 3.99. The molecule has 116 valence electrons. The first-order valence-electron chi connectivity index (χ1n) is 7.77. The average Bonchev–Trinajstić information content (AvgIpc) is 2.52. The highest BCUT2D eigenvalue weighted by Crippen LogP contribution is 2.22. The van der Waals surface area contributed by atoms with Gasteiger partial charge in [-0.15, -0.1) is 0 Å². The lowest BCUT2D eigenvalue weighted by Gasteiger charge is -2.36. The summed E-state index contributed by atoms with van der Waals surface area (Å²) in [4.78, 5) is 16.4. The number of carbonyl (C=O) groups excluding carboxylic acids is 1. The minimum atomic E-state index is 0.300. The van der Waals surface area contributed by atoms with Crippen LogP contribution in [0.4, 0.5) is 5.69 Å². The van der Waals surface area contributed by atoms with Gasteiger partial charge in [-0.25, -0.2) is 0 Å².